The molecule has 0 unspecified atom stereocenters. The van der Waals surface area contributed by atoms with Crippen LogP contribution >= 0.6 is 0 Å². The number of hydrogen-bond donors (Lipinski definition) is 4. The number of carbonyl (C=O) groups is 4. The van der Waals surface area contributed by atoms with Crippen LogP contribution in [0.15, 0.2) is 91.3 Å². The molecule has 4 aliphatic heterocycles. The average molecular weight is 987 g/mol. The van der Waals surface area contributed by atoms with Gasteiger partial charge < -0.3 is 49.3 Å². The number of benzene rings is 4. The van der Waals surface area contributed by atoms with Crippen LogP contribution in [-0.4, -0.2) is 79.0 Å². The number of aromatic nitrogens is 4. The standard InChI is InChI=1S/C57H62N8O8/c1-32(2)72-56(68)62-50(36-14-6-5-7-15-36)54(66)64-22-10-16-44(64)52-58-28-42(60-52)38-24-40-30-71-47-27-39(25-41-31-70-46(26-38)48(40)49(41)47)43-29-59-53(61-43)45-17-11-23-65(45)55(67)51(63-57(69)73-33(3)4)37-20-18-35(19-21-37)34-12-8-9-13-34/h5-7,14-15,18-21,24-29,32-34,44-45,50-51H,8-13,16-17,22-23,30-31H2,1-4H3,(H,58,60)(H,59,61)(H,62,68)(H,63,69)/t44-,45-,50+,51+/m0/s1. The van der Waals surface area contributed by atoms with Crippen LogP contribution < -0.4 is 20.1 Å². The summed E-state index contributed by atoms with van der Waals surface area (Å²) in [5.74, 6) is 2.95. The van der Waals surface area contributed by atoms with Crippen LogP contribution in [0.3, 0.4) is 0 Å². The number of rotatable bonds is 13. The molecule has 1 aliphatic carbocycles. The van der Waals surface area contributed by atoms with Crippen LogP contribution in [0.1, 0.15) is 149 Å². The van der Waals surface area contributed by atoms with Crippen LogP contribution in [0.25, 0.3) is 33.6 Å². The van der Waals surface area contributed by atoms with Gasteiger partial charge in [-0.1, -0.05) is 67.4 Å². The van der Waals surface area contributed by atoms with Crippen LogP contribution in [0, 0.1) is 0 Å². The van der Waals surface area contributed by atoms with E-state index < -0.39 is 24.3 Å². The summed E-state index contributed by atoms with van der Waals surface area (Å²) in [4.78, 5) is 75.0. The molecule has 4 amide bonds. The Morgan fingerprint density at radius 3 is 1.53 bits per heavy atom. The Bertz CT molecular complexity index is 2980. The maximum Gasteiger partial charge on any atom is 0.408 e. The van der Waals surface area contributed by atoms with Crippen molar-refractivity contribution in [1.82, 2.24) is 40.4 Å². The summed E-state index contributed by atoms with van der Waals surface area (Å²) in [5.41, 5.74) is 9.98. The van der Waals surface area contributed by atoms with E-state index in [9.17, 15) is 19.2 Å². The van der Waals surface area contributed by atoms with Gasteiger partial charge in [-0.15, -0.1) is 0 Å². The fourth-order valence-electron chi connectivity index (χ4n) is 11.4. The highest BCUT2D eigenvalue weighted by atomic mass is 16.6. The van der Waals surface area contributed by atoms with Crippen molar-refractivity contribution in [2.75, 3.05) is 13.1 Å². The summed E-state index contributed by atoms with van der Waals surface area (Å²) >= 11 is 0. The number of imidazole rings is 2. The van der Waals surface area contributed by atoms with Gasteiger partial charge in [-0.2, -0.15) is 0 Å². The minimum atomic E-state index is -0.920. The summed E-state index contributed by atoms with van der Waals surface area (Å²) in [7, 11) is 0. The molecule has 6 aromatic rings. The third-order valence-electron chi connectivity index (χ3n) is 14.8. The zero-order valence-electron chi connectivity index (χ0n) is 41.7. The maximum atomic E-state index is 14.6. The molecule has 0 radical (unpaired) electrons. The molecule has 11 rings (SSSR count). The molecular formula is C57H62N8O8. The number of H-pyrrole nitrogens is 2. The minimum absolute atomic E-state index is 0.203. The lowest BCUT2D eigenvalue weighted by atomic mass is 9.87. The zero-order chi connectivity index (χ0) is 50.3. The molecule has 1 saturated carbocycles. The molecule has 73 heavy (non-hydrogen) atoms. The normalized spacial score (nSPS) is 18.8. The number of amides is 4. The van der Waals surface area contributed by atoms with Crippen molar-refractivity contribution in [2.45, 2.75) is 135 Å². The van der Waals surface area contributed by atoms with Crippen molar-refractivity contribution < 1.29 is 38.1 Å². The van der Waals surface area contributed by atoms with E-state index in [0.29, 0.717) is 49.4 Å². The third kappa shape index (κ3) is 9.62. The third-order valence-corrected chi connectivity index (χ3v) is 14.8. The Hall–Kier alpha value is -7.62. The monoisotopic (exact) mass is 986 g/mol. The highest BCUT2D eigenvalue weighted by Gasteiger charge is 2.40. The number of nitrogens with one attached hydrogen (secondary N) is 4. The van der Waals surface area contributed by atoms with Gasteiger partial charge in [0.1, 0.15) is 48.4 Å². The topological polar surface area (TPSA) is 193 Å². The van der Waals surface area contributed by atoms with Gasteiger partial charge in [0.25, 0.3) is 11.8 Å². The number of ether oxygens (including phenoxy) is 4. The van der Waals surface area contributed by atoms with Crippen molar-refractivity contribution in [3.05, 3.63) is 131 Å². The van der Waals surface area contributed by atoms with Crippen molar-refractivity contribution in [1.29, 1.82) is 0 Å². The van der Waals surface area contributed by atoms with E-state index in [1.807, 2.05) is 65.7 Å². The van der Waals surface area contributed by atoms with Crippen molar-refractivity contribution >= 4 is 24.0 Å². The number of aromatic amines is 2. The largest absolute Gasteiger partial charge is 0.488 e. The second-order valence-electron chi connectivity index (χ2n) is 20.5. The van der Waals surface area contributed by atoms with E-state index in [-0.39, 0.29) is 36.1 Å². The number of alkyl carbamates (subject to hydrolysis) is 2. The highest BCUT2D eigenvalue weighted by Crippen LogP contribution is 2.51. The van der Waals surface area contributed by atoms with Crippen molar-refractivity contribution in [3.63, 3.8) is 0 Å². The fourth-order valence-corrected chi connectivity index (χ4v) is 11.4. The highest BCUT2D eigenvalue weighted by molar-refractivity contribution is 5.90. The lowest BCUT2D eigenvalue weighted by Crippen LogP contribution is -2.43. The molecule has 2 aromatic heterocycles. The summed E-state index contributed by atoms with van der Waals surface area (Å²) in [6, 6.07) is 23.2. The van der Waals surface area contributed by atoms with E-state index in [0.717, 1.165) is 87.5 Å². The van der Waals surface area contributed by atoms with Gasteiger partial charge >= 0.3 is 12.2 Å². The van der Waals surface area contributed by atoms with Crippen molar-refractivity contribution in [3.8, 4) is 45.1 Å². The summed E-state index contributed by atoms with van der Waals surface area (Å²) in [5, 5.41) is 5.70. The molecule has 0 bridgehead atoms. The van der Waals surface area contributed by atoms with Gasteiger partial charge in [0.2, 0.25) is 0 Å². The van der Waals surface area contributed by atoms with Gasteiger partial charge in [0.05, 0.1) is 48.1 Å². The quantitative estimate of drug-likeness (QED) is 0.0865. The number of hydrogen-bond acceptors (Lipinski definition) is 10. The first-order chi connectivity index (χ1) is 35.4. The molecule has 2 saturated heterocycles. The van der Waals surface area contributed by atoms with Gasteiger partial charge in [-0.25, -0.2) is 19.6 Å². The van der Waals surface area contributed by atoms with Gasteiger partial charge in [-0.3, -0.25) is 9.59 Å². The predicted molar refractivity (Wildman–Crippen MR) is 272 cm³/mol. The molecule has 4 atom stereocenters. The van der Waals surface area contributed by atoms with E-state index >= 15 is 0 Å². The Morgan fingerprint density at radius 2 is 1.07 bits per heavy atom. The smallest absolute Gasteiger partial charge is 0.408 e. The van der Waals surface area contributed by atoms with Gasteiger partial charge in [-0.05, 0) is 113 Å². The van der Waals surface area contributed by atoms with Gasteiger partial charge in [0.15, 0.2) is 0 Å². The summed E-state index contributed by atoms with van der Waals surface area (Å²) < 4.78 is 23.9. The lowest BCUT2D eigenvalue weighted by molar-refractivity contribution is -0.135. The lowest BCUT2D eigenvalue weighted by Gasteiger charge is -2.30. The Labute approximate surface area is 424 Å². The first-order valence-corrected chi connectivity index (χ1v) is 25.9. The molecule has 4 N–H and O–H groups in total. The second-order valence-corrected chi connectivity index (χ2v) is 20.5. The van der Waals surface area contributed by atoms with E-state index in [1.165, 1.54) is 31.2 Å². The second kappa shape index (κ2) is 20.1. The zero-order valence-corrected chi connectivity index (χ0v) is 41.7. The molecule has 4 aromatic carbocycles. The molecule has 378 valence electrons. The summed E-state index contributed by atoms with van der Waals surface area (Å²) in [6.07, 6.45) is 9.48. The number of nitrogens with zero attached hydrogens (tertiary/aromatic N) is 4. The van der Waals surface area contributed by atoms with E-state index in [2.05, 4.69) is 44.9 Å². The average Bonchev–Trinajstić information content (AvgIpc) is 4.26. The van der Waals surface area contributed by atoms with Crippen LogP contribution in [0.2, 0.25) is 0 Å². The van der Waals surface area contributed by atoms with Crippen LogP contribution in [0.4, 0.5) is 9.59 Å². The fraction of sp³-hybridized carbons (Fsp3) is 0.404. The summed E-state index contributed by atoms with van der Waals surface area (Å²) in [6.45, 7) is 8.82. The predicted octanol–water partition coefficient (Wildman–Crippen LogP) is 10.7. The first kappa shape index (κ1) is 47.7. The molecule has 5 aliphatic rings. The van der Waals surface area contributed by atoms with Crippen LogP contribution in [0.5, 0.6) is 11.5 Å². The number of carbonyl (C=O) groups excluding carboxylic acids is 4. The molecule has 16 heteroatoms. The Kier molecular flexibility index (Phi) is 13.1. The van der Waals surface area contributed by atoms with Crippen molar-refractivity contribution in [2.24, 2.45) is 0 Å². The van der Waals surface area contributed by atoms with E-state index in [1.54, 1.807) is 38.8 Å². The van der Waals surface area contributed by atoms with Gasteiger partial charge in [0, 0.05) is 46.5 Å². The Morgan fingerprint density at radius 1 is 0.603 bits per heavy atom. The molecule has 16 nitrogen and oxygen atoms in total. The van der Waals surface area contributed by atoms with E-state index in [4.69, 9.17) is 28.9 Å². The molecule has 0 spiro atoms. The SMILES string of the molecule is CC(C)OC(=O)N[C@@H](C(=O)N1CCC[C@H]1c1ncc(-c2cc3c4c(c2)OCc2cc(-c5cnc([C@@H]6CCCN6C(=O)[C@H](NC(=O)OC(C)C)c6ccc(C7CCCC7)cc6)[nH]5)cc(c2-4)OC3)[nH]1)c1ccccc1. The minimum Gasteiger partial charge on any atom is -0.488 e. The van der Waals surface area contributed by atoms with Crippen LogP contribution in [-0.2, 0) is 32.3 Å². The molecule has 3 fully saturated rings. The number of likely N-dealkylation sites (tertiary alicyclic amines) is 2. The molecular weight excluding hydrogens is 925 g/mol. The Balaban J connectivity index is 0.808. The maximum absolute atomic E-state index is 14.6. The first-order valence-electron chi connectivity index (χ1n) is 25.9. The molecule has 6 heterocycles.